The Morgan fingerprint density at radius 1 is 1.03 bits per heavy atom. The van der Waals surface area contributed by atoms with Gasteiger partial charge in [0.2, 0.25) is 16.0 Å². The molecule has 34 heavy (non-hydrogen) atoms. The number of halogens is 2. The van der Waals surface area contributed by atoms with Gasteiger partial charge in [-0.15, -0.1) is 12.4 Å². The zero-order valence-electron chi connectivity index (χ0n) is 18.3. The van der Waals surface area contributed by atoms with Crippen LogP contribution in [0.3, 0.4) is 0 Å². The predicted octanol–water partition coefficient (Wildman–Crippen LogP) is 4.06. The van der Waals surface area contributed by atoms with Crippen molar-refractivity contribution in [3.63, 3.8) is 0 Å². The number of H-pyrrole nitrogens is 1. The fourth-order valence-corrected chi connectivity index (χ4v) is 4.15. The van der Waals surface area contributed by atoms with Crippen LogP contribution in [0, 0.1) is 12.7 Å². The van der Waals surface area contributed by atoms with Crippen molar-refractivity contribution in [3.05, 3.63) is 83.8 Å². The molecular formula is C22H23ClFN7O2S. The molecule has 0 amide bonds. The number of aromatic amines is 1. The van der Waals surface area contributed by atoms with E-state index in [0.29, 0.717) is 23.4 Å². The maximum absolute atomic E-state index is 14.3. The fourth-order valence-electron chi connectivity index (χ4n) is 3.15. The predicted molar refractivity (Wildman–Crippen MR) is 131 cm³/mol. The number of hydrogen-bond acceptors (Lipinski definition) is 7. The Balaban J connectivity index is 0.00000324. The average Bonchev–Trinajstić information content (AvgIpc) is 3.31. The van der Waals surface area contributed by atoms with E-state index in [4.69, 9.17) is 0 Å². The number of nitrogens with zero attached hydrogens (tertiary/aromatic N) is 3. The Bertz CT molecular complexity index is 1360. The molecule has 0 aliphatic rings. The molecule has 0 aliphatic heterocycles. The zero-order chi connectivity index (χ0) is 23.4. The van der Waals surface area contributed by atoms with Crippen LogP contribution in [-0.4, -0.2) is 35.4 Å². The van der Waals surface area contributed by atoms with Crippen molar-refractivity contribution in [2.75, 3.05) is 17.7 Å². The standard InChI is InChI=1S/C22H22FN7O2S.ClH/c1-14-3-6-17(12-19(14)33(31,32)24-2)29-22-27-13-18(23)21(30-22)28-16-7-4-15(5-8-16)11-20-25-9-10-26-20;/h3-10,12-13,24H,11H2,1-2H3,(H,25,26)(H2,27,28,29,30);1H. The van der Waals surface area contributed by atoms with E-state index in [-0.39, 0.29) is 29.1 Å². The van der Waals surface area contributed by atoms with E-state index in [1.807, 2.05) is 24.3 Å². The lowest BCUT2D eigenvalue weighted by Crippen LogP contribution is -2.19. The van der Waals surface area contributed by atoms with Crippen molar-refractivity contribution >= 4 is 45.6 Å². The van der Waals surface area contributed by atoms with Crippen molar-refractivity contribution in [2.45, 2.75) is 18.2 Å². The van der Waals surface area contributed by atoms with Crippen LogP contribution in [0.1, 0.15) is 17.0 Å². The third-order valence-electron chi connectivity index (χ3n) is 4.89. The maximum Gasteiger partial charge on any atom is 0.240 e. The van der Waals surface area contributed by atoms with Crippen molar-refractivity contribution in [1.82, 2.24) is 24.7 Å². The number of hydrogen-bond donors (Lipinski definition) is 4. The highest BCUT2D eigenvalue weighted by Gasteiger charge is 2.16. The third kappa shape index (κ3) is 5.87. The molecule has 0 atom stereocenters. The quantitative estimate of drug-likeness (QED) is 0.286. The SMILES string of the molecule is CNS(=O)(=O)c1cc(Nc2ncc(F)c(Nc3ccc(Cc4ncc[nH]4)cc3)n2)ccc1C.Cl. The van der Waals surface area contributed by atoms with Crippen molar-refractivity contribution in [1.29, 1.82) is 0 Å². The second kappa shape index (κ2) is 10.6. The Morgan fingerprint density at radius 3 is 2.44 bits per heavy atom. The van der Waals surface area contributed by atoms with Crippen LogP contribution in [-0.2, 0) is 16.4 Å². The van der Waals surface area contributed by atoms with Gasteiger partial charge in [-0.2, -0.15) is 4.98 Å². The van der Waals surface area contributed by atoms with E-state index in [9.17, 15) is 12.8 Å². The summed E-state index contributed by atoms with van der Waals surface area (Å²) in [7, 11) is -2.28. The summed E-state index contributed by atoms with van der Waals surface area (Å²) in [5.74, 6) is 0.337. The summed E-state index contributed by atoms with van der Waals surface area (Å²) in [6, 6.07) is 12.3. The van der Waals surface area contributed by atoms with Crippen molar-refractivity contribution in [3.8, 4) is 0 Å². The number of aryl methyl sites for hydroxylation is 1. The molecule has 0 bridgehead atoms. The van der Waals surface area contributed by atoms with Gasteiger partial charge in [-0.1, -0.05) is 18.2 Å². The summed E-state index contributed by atoms with van der Waals surface area (Å²) >= 11 is 0. The molecule has 2 aromatic carbocycles. The Labute approximate surface area is 202 Å². The molecule has 2 heterocycles. The normalized spacial score (nSPS) is 11.0. The largest absolute Gasteiger partial charge is 0.348 e. The lowest BCUT2D eigenvalue weighted by Gasteiger charge is -2.12. The van der Waals surface area contributed by atoms with Gasteiger partial charge in [-0.05, 0) is 49.4 Å². The summed E-state index contributed by atoms with van der Waals surface area (Å²) in [4.78, 5) is 15.5. The smallest absolute Gasteiger partial charge is 0.240 e. The van der Waals surface area contributed by atoms with Crippen molar-refractivity contribution in [2.24, 2.45) is 0 Å². The number of rotatable bonds is 8. The van der Waals surface area contributed by atoms with Crippen LogP contribution in [0.4, 0.5) is 27.5 Å². The minimum Gasteiger partial charge on any atom is -0.348 e. The van der Waals surface area contributed by atoms with Gasteiger partial charge in [0.25, 0.3) is 0 Å². The Morgan fingerprint density at radius 2 is 1.76 bits per heavy atom. The van der Waals surface area contributed by atoms with Crippen LogP contribution in [0.25, 0.3) is 0 Å². The lowest BCUT2D eigenvalue weighted by atomic mass is 10.1. The summed E-state index contributed by atoms with van der Waals surface area (Å²) in [6.07, 6.45) is 5.17. The molecule has 0 fully saturated rings. The highest BCUT2D eigenvalue weighted by molar-refractivity contribution is 7.89. The van der Waals surface area contributed by atoms with Gasteiger partial charge < -0.3 is 15.6 Å². The molecule has 9 nitrogen and oxygen atoms in total. The molecule has 0 saturated carbocycles. The second-order valence-electron chi connectivity index (χ2n) is 7.24. The van der Waals surface area contributed by atoms with Crippen LogP contribution < -0.4 is 15.4 Å². The Hall–Kier alpha value is -3.54. The first kappa shape index (κ1) is 25.1. The lowest BCUT2D eigenvalue weighted by molar-refractivity contribution is 0.587. The van der Waals surface area contributed by atoms with Crippen LogP contribution in [0.2, 0.25) is 0 Å². The molecule has 178 valence electrons. The number of anilines is 4. The average molecular weight is 504 g/mol. The number of aromatic nitrogens is 4. The molecule has 2 aromatic heterocycles. The molecular weight excluding hydrogens is 481 g/mol. The van der Waals surface area contributed by atoms with Gasteiger partial charge in [0, 0.05) is 30.2 Å². The minimum absolute atomic E-state index is 0. The van der Waals surface area contributed by atoms with E-state index < -0.39 is 15.8 Å². The first-order valence-electron chi connectivity index (χ1n) is 10.0. The molecule has 0 spiro atoms. The third-order valence-corrected chi connectivity index (χ3v) is 6.45. The van der Waals surface area contributed by atoms with Gasteiger partial charge in [-0.25, -0.2) is 27.5 Å². The molecule has 4 aromatic rings. The first-order chi connectivity index (χ1) is 15.8. The topological polar surface area (TPSA) is 125 Å². The second-order valence-corrected chi connectivity index (χ2v) is 9.09. The minimum atomic E-state index is -3.63. The van der Waals surface area contributed by atoms with Gasteiger partial charge in [0.05, 0.1) is 11.1 Å². The molecule has 4 N–H and O–H groups in total. The van der Waals surface area contributed by atoms with E-state index in [1.54, 1.807) is 31.5 Å². The van der Waals surface area contributed by atoms with Gasteiger partial charge in [0.1, 0.15) is 5.82 Å². The van der Waals surface area contributed by atoms with Gasteiger partial charge in [-0.3, -0.25) is 0 Å². The molecule has 0 aliphatic carbocycles. The molecule has 4 rings (SSSR count). The monoisotopic (exact) mass is 503 g/mol. The zero-order valence-corrected chi connectivity index (χ0v) is 20.0. The molecule has 12 heteroatoms. The highest BCUT2D eigenvalue weighted by Crippen LogP contribution is 2.24. The molecule has 0 radical (unpaired) electrons. The van der Waals surface area contributed by atoms with E-state index in [1.165, 1.54) is 13.1 Å². The van der Waals surface area contributed by atoms with E-state index in [0.717, 1.165) is 17.6 Å². The summed E-state index contributed by atoms with van der Waals surface area (Å²) in [5, 5.41) is 5.87. The number of benzene rings is 2. The fraction of sp³-hybridized carbons (Fsp3) is 0.136. The number of nitrogens with one attached hydrogen (secondary N) is 4. The summed E-state index contributed by atoms with van der Waals surface area (Å²) < 4.78 is 41.0. The number of imidazole rings is 1. The maximum atomic E-state index is 14.3. The molecule has 0 unspecified atom stereocenters. The van der Waals surface area contributed by atoms with Crippen LogP contribution in [0.15, 0.2) is 66.0 Å². The van der Waals surface area contributed by atoms with Gasteiger partial charge >= 0.3 is 0 Å². The van der Waals surface area contributed by atoms with Crippen LogP contribution >= 0.6 is 12.4 Å². The Kier molecular flexibility index (Phi) is 7.82. The van der Waals surface area contributed by atoms with E-state index >= 15 is 0 Å². The number of sulfonamides is 1. The summed E-state index contributed by atoms with van der Waals surface area (Å²) in [5.41, 5.74) is 2.74. The summed E-state index contributed by atoms with van der Waals surface area (Å²) in [6.45, 7) is 1.70. The highest BCUT2D eigenvalue weighted by atomic mass is 35.5. The van der Waals surface area contributed by atoms with E-state index in [2.05, 4.69) is 35.3 Å². The van der Waals surface area contributed by atoms with Gasteiger partial charge in [0.15, 0.2) is 11.6 Å². The van der Waals surface area contributed by atoms with Crippen molar-refractivity contribution < 1.29 is 12.8 Å². The first-order valence-corrected chi connectivity index (χ1v) is 11.5. The molecule has 0 saturated heterocycles. The van der Waals surface area contributed by atoms with Crippen LogP contribution in [0.5, 0.6) is 0 Å².